The number of aryl methyl sites for hydroxylation is 1. The van der Waals surface area contributed by atoms with Crippen LogP contribution >= 0.6 is 0 Å². The third-order valence-electron chi connectivity index (χ3n) is 3.90. The molecule has 0 atom stereocenters. The molecule has 0 radical (unpaired) electrons. The molecule has 6 nitrogen and oxygen atoms in total. The number of sulfonamides is 1. The predicted octanol–water partition coefficient (Wildman–Crippen LogP) is 3.22. The van der Waals surface area contributed by atoms with Gasteiger partial charge in [-0.1, -0.05) is 32.9 Å². The van der Waals surface area contributed by atoms with Crippen LogP contribution in [0.25, 0.3) is 5.65 Å². The molecule has 2 heterocycles. The molecule has 1 N–H and O–H groups in total. The number of rotatable bonds is 5. The minimum atomic E-state index is -3.74. The highest BCUT2D eigenvalue weighted by Gasteiger charge is 2.20. The van der Waals surface area contributed by atoms with Crippen molar-refractivity contribution in [2.75, 3.05) is 4.72 Å². The number of aromatic nitrogens is 3. The molecule has 3 aromatic rings. The number of anilines is 1. The van der Waals surface area contributed by atoms with E-state index in [1.807, 2.05) is 19.1 Å². The Hall–Kier alpha value is -2.41. The Balaban J connectivity index is 1.97. The quantitative estimate of drug-likeness (QED) is 0.771. The average Bonchev–Trinajstić information content (AvgIpc) is 2.98. The summed E-state index contributed by atoms with van der Waals surface area (Å²) in [4.78, 5) is 0.116. The molecule has 0 unspecified atom stereocenters. The maximum Gasteiger partial charge on any atom is 0.265 e. The Morgan fingerprint density at radius 3 is 2.46 bits per heavy atom. The lowest BCUT2D eigenvalue weighted by molar-refractivity contribution is 0.601. The van der Waals surface area contributed by atoms with Crippen LogP contribution in [0.1, 0.15) is 38.1 Å². The Labute approximate surface area is 141 Å². The fourth-order valence-electron chi connectivity index (χ4n) is 2.54. The van der Waals surface area contributed by atoms with Gasteiger partial charge < -0.3 is 0 Å². The largest absolute Gasteiger partial charge is 0.285 e. The number of hydrogen-bond acceptors (Lipinski definition) is 4. The van der Waals surface area contributed by atoms with Crippen molar-refractivity contribution in [1.82, 2.24) is 14.6 Å². The number of pyridine rings is 1. The van der Waals surface area contributed by atoms with Crippen LogP contribution in [0, 0.1) is 0 Å². The summed E-state index contributed by atoms with van der Waals surface area (Å²) < 4.78 is 29.8. The molecule has 0 aliphatic carbocycles. The summed E-state index contributed by atoms with van der Waals surface area (Å²) in [6, 6.07) is 10.6. The van der Waals surface area contributed by atoms with E-state index in [0.717, 1.165) is 11.4 Å². The van der Waals surface area contributed by atoms with Crippen molar-refractivity contribution in [1.29, 1.82) is 0 Å². The Bertz CT molecular complexity index is 960. The van der Waals surface area contributed by atoms with Crippen LogP contribution in [0.4, 0.5) is 5.69 Å². The molecule has 0 saturated heterocycles. The van der Waals surface area contributed by atoms with Crippen LogP contribution < -0.4 is 4.72 Å². The van der Waals surface area contributed by atoms with E-state index in [4.69, 9.17) is 0 Å². The first-order valence-electron chi connectivity index (χ1n) is 7.87. The lowest BCUT2D eigenvalue weighted by Gasteiger charge is -2.10. The molecule has 2 aromatic heterocycles. The second-order valence-corrected chi connectivity index (χ2v) is 7.57. The fourth-order valence-corrected chi connectivity index (χ4v) is 3.73. The molecule has 0 aliphatic heterocycles. The van der Waals surface area contributed by atoms with Crippen LogP contribution in [-0.2, 0) is 16.4 Å². The molecule has 0 bridgehead atoms. The van der Waals surface area contributed by atoms with E-state index >= 15 is 0 Å². The van der Waals surface area contributed by atoms with E-state index in [1.165, 1.54) is 6.07 Å². The van der Waals surface area contributed by atoms with Crippen LogP contribution in [0.5, 0.6) is 0 Å². The first-order chi connectivity index (χ1) is 11.4. The first-order valence-corrected chi connectivity index (χ1v) is 9.36. The van der Waals surface area contributed by atoms with Gasteiger partial charge in [-0.2, -0.15) is 0 Å². The Morgan fingerprint density at radius 2 is 1.83 bits per heavy atom. The van der Waals surface area contributed by atoms with Crippen LogP contribution in [-0.4, -0.2) is 23.0 Å². The summed E-state index contributed by atoms with van der Waals surface area (Å²) in [7, 11) is -3.74. The van der Waals surface area contributed by atoms with Gasteiger partial charge in [-0.3, -0.25) is 9.12 Å². The molecule has 0 spiro atoms. The van der Waals surface area contributed by atoms with Gasteiger partial charge in [-0.15, -0.1) is 10.2 Å². The summed E-state index contributed by atoms with van der Waals surface area (Å²) in [6.07, 6.45) is 2.44. The van der Waals surface area contributed by atoms with Gasteiger partial charge in [0.2, 0.25) is 0 Å². The molecule has 0 aliphatic rings. The molecular formula is C17H20N4O2S. The Morgan fingerprint density at radius 1 is 1.12 bits per heavy atom. The summed E-state index contributed by atoms with van der Waals surface area (Å²) >= 11 is 0. The first kappa shape index (κ1) is 16.4. The molecule has 3 rings (SSSR count). The molecule has 0 amide bonds. The van der Waals surface area contributed by atoms with Gasteiger partial charge in [0.25, 0.3) is 10.0 Å². The van der Waals surface area contributed by atoms with E-state index in [-0.39, 0.29) is 4.90 Å². The highest BCUT2D eigenvalue weighted by molar-refractivity contribution is 7.93. The smallest absolute Gasteiger partial charge is 0.265 e. The van der Waals surface area contributed by atoms with Gasteiger partial charge in [-0.05, 0) is 35.7 Å². The van der Waals surface area contributed by atoms with Crippen LogP contribution in [0.2, 0.25) is 0 Å². The lowest BCUT2D eigenvalue weighted by atomic mass is 10.0. The summed E-state index contributed by atoms with van der Waals surface area (Å²) in [5.74, 6) is 1.12. The molecular weight excluding hydrogens is 324 g/mol. The van der Waals surface area contributed by atoms with E-state index in [2.05, 4.69) is 28.8 Å². The van der Waals surface area contributed by atoms with E-state index in [1.54, 1.807) is 28.8 Å². The molecule has 7 heteroatoms. The number of nitrogens with one attached hydrogen (secondary N) is 1. The summed E-state index contributed by atoms with van der Waals surface area (Å²) in [6.45, 7) is 6.14. The maximum atomic E-state index is 12.7. The highest BCUT2D eigenvalue weighted by Crippen LogP contribution is 2.22. The number of benzene rings is 1. The topological polar surface area (TPSA) is 76.4 Å². The third kappa shape index (κ3) is 2.99. The molecule has 126 valence electrons. The Kier molecular flexibility index (Phi) is 4.28. The second kappa shape index (κ2) is 6.24. The standard InChI is InChI=1S/C17H20N4O2S/c1-4-16-18-19-17-15(6-5-11-21(16)17)24(22,23)20-14-9-7-13(8-10-14)12(2)3/h5-12,20H,4H2,1-3H3. The third-order valence-corrected chi connectivity index (χ3v) is 5.31. The minimum absolute atomic E-state index is 0.116. The number of hydrogen-bond donors (Lipinski definition) is 1. The second-order valence-electron chi connectivity index (χ2n) is 5.92. The summed E-state index contributed by atoms with van der Waals surface area (Å²) in [5, 5.41) is 8.08. The van der Waals surface area contributed by atoms with Crippen molar-refractivity contribution >= 4 is 21.4 Å². The monoisotopic (exact) mass is 344 g/mol. The van der Waals surface area contributed by atoms with Gasteiger partial charge in [0.15, 0.2) is 5.65 Å². The van der Waals surface area contributed by atoms with Gasteiger partial charge in [0, 0.05) is 18.3 Å². The fraction of sp³-hybridized carbons (Fsp3) is 0.294. The maximum absolute atomic E-state index is 12.7. The van der Waals surface area contributed by atoms with Gasteiger partial charge in [0.1, 0.15) is 10.7 Å². The highest BCUT2D eigenvalue weighted by atomic mass is 32.2. The van der Waals surface area contributed by atoms with Crippen molar-refractivity contribution in [3.05, 3.63) is 54.0 Å². The average molecular weight is 344 g/mol. The number of fused-ring (bicyclic) bond motifs is 1. The molecule has 0 saturated carbocycles. The summed E-state index contributed by atoms with van der Waals surface area (Å²) in [5.41, 5.74) is 2.02. The van der Waals surface area contributed by atoms with Gasteiger partial charge >= 0.3 is 0 Å². The van der Waals surface area contributed by atoms with E-state index in [0.29, 0.717) is 23.7 Å². The van der Waals surface area contributed by atoms with E-state index in [9.17, 15) is 8.42 Å². The van der Waals surface area contributed by atoms with Gasteiger partial charge in [-0.25, -0.2) is 8.42 Å². The van der Waals surface area contributed by atoms with Gasteiger partial charge in [0.05, 0.1) is 0 Å². The van der Waals surface area contributed by atoms with Crippen LogP contribution in [0.15, 0.2) is 47.5 Å². The lowest BCUT2D eigenvalue weighted by Crippen LogP contribution is -2.14. The van der Waals surface area contributed by atoms with Crippen LogP contribution in [0.3, 0.4) is 0 Å². The minimum Gasteiger partial charge on any atom is -0.285 e. The van der Waals surface area contributed by atoms with Crippen molar-refractivity contribution in [2.45, 2.75) is 38.0 Å². The van der Waals surface area contributed by atoms with Crippen molar-refractivity contribution in [3.8, 4) is 0 Å². The zero-order valence-electron chi connectivity index (χ0n) is 13.9. The van der Waals surface area contributed by atoms with Crippen molar-refractivity contribution < 1.29 is 8.42 Å². The SMILES string of the molecule is CCc1nnc2c(S(=O)(=O)Nc3ccc(C(C)C)cc3)cccn12. The van der Waals surface area contributed by atoms with E-state index < -0.39 is 10.0 Å². The zero-order chi connectivity index (χ0) is 17.3. The molecule has 24 heavy (non-hydrogen) atoms. The molecule has 1 aromatic carbocycles. The molecule has 0 fully saturated rings. The number of nitrogens with zero attached hydrogens (tertiary/aromatic N) is 3. The van der Waals surface area contributed by atoms with Crippen molar-refractivity contribution in [2.24, 2.45) is 0 Å². The zero-order valence-corrected chi connectivity index (χ0v) is 14.7. The normalized spacial score (nSPS) is 12.0. The van der Waals surface area contributed by atoms with Crippen molar-refractivity contribution in [3.63, 3.8) is 0 Å². The predicted molar refractivity (Wildman–Crippen MR) is 93.7 cm³/mol.